The number of aromatic nitrogens is 2. The minimum atomic E-state index is -4.14. The third-order valence-electron chi connectivity index (χ3n) is 6.71. The first-order valence-electron chi connectivity index (χ1n) is 13.4. The topological polar surface area (TPSA) is 206 Å². The number of hydrogen-bond donors (Lipinski definition) is 8. The van der Waals surface area contributed by atoms with Gasteiger partial charge in [-0.15, -0.1) is 0 Å². The second kappa shape index (κ2) is 11.8. The second-order valence-electron chi connectivity index (χ2n) is 11.3. The van der Waals surface area contributed by atoms with Gasteiger partial charge in [-0.2, -0.15) is 4.98 Å². The van der Waals surface area contributed by atoms with Crippen molar-refractivity contribution < 1.29 is 38.7 Å². The van der Waals surface area contributed by atoms with Crippen LogP contribution < -0.4 is 20.7 Å². The monoisotopic (exact) mass is 637 g/mol. The predicted molar refractivity (Wildman–Crippen MR) is 160 cm³/mol. The Kier molecular flexibility index (Phi) is 8.99. The van der Waals surface area contributed by atoms with Crippen LogP contribution in [0.2, 0.25) is 5.02 Å². The van der Waals surface area contributed by atoms with Crippen LogP contribution in [-0.4, -0.2) is 66.8 Å². The summed E-state index contributed by atoms with van der Waals surface area (Å²) >= 11 is 6.36. The van der Waals surface area contributed by atoms with Gasteiger partial charge in [0.25, 0.3) is 0 Å². The molecule has 0 aliphatic carbocycles. The van der Waals surface area contributed by atoms with Gasteiger partial charge in [-0.05, 0) is 75.9 Å². The van der Waals surface area contributed by atoms with E-state index >= 15 is 0 Å². The minimum absolute atomic E-state index is 0.0896. The van der Waals surface area contributed by atoms with Gasteiger partial charge in [-0.1, -0.05) is 23.7 Å². The molecule has 8 N–H and O–H groups in total. The van der Waals surface area contributed by atoms with Crippen LogP contribution in [0, 0.1) is 6.92 Å². The smallest absolute Gasteiger partial charge is 0.229 e. The SMILES string of the molecule is Cc1cc(Nc2ncc(Cl)c(Nc3ccccc3S(=O)(=O)C(C)(C)O)n2)c(OC(C)C)cc1C1CC(O)(O)NC(O)(O)C1. The van der Waals surface area contributed by atoms with Crippen molar-refractivity contribution in [3.05, 3.63) is 58.7 Å². The number of aliphatic hydroxyl groups is 5. The first kappa shape index (κ1) is 32.8. The maximum Gasteiger partial charge on any atom is 0.229 e. The van der Waals surface area contributed by atoms with Crippen LogP contribution >= 0.6 is 11.6 Å². The highest BCUT2D eigenvalue weighted by Crippen LogP contribution is 2.41. The number of sulfone groups is 1. The van der Waals surface area contributed by atoms with E-state index in [9.17, 15) is 34.0 Å². The summed E-state index contributed by atoms with van der Waals surface area (Å²) in [6, 6.07) is 9.46. The summed E-state index contributed by atoms with van der Waals surface area (Å²) in [6.07, 6.45) is 0.663. The quantitative estimate of drug-likeness (QED) is 0.159. The van der Waals surface area contributed by atoms with Crippen LogP contribution in [0.15, 0.2) is 47.5 Å². The molecule has 0 unspecified atom stereocenters. The van der Waals surface area contributed by atoms with Gasteiger partial charge in [0.15, 0.2) is 10.8 Å². The molecule has 1 aliphatic rings. The molecule has 1 aromatic heterocycles. The van der Waals surface area contributed by atoms with E-state index in [1.807, 2.05) is 19.2 Å². The number of nitrogens with zero attached hydrogens (tertiary/aromatic N) is 2. The molecule has 1 fully saturated rings. The Morgan fingerprint density at radius 1 is 1.07 bits per heavy atom. The fourth-order valence-electron chi connectivity index (χ4n) is 4.83. The van der Waals surface area contributed by atoms with E-state index in [1.54, 1.807) is 25.1 Å². The largest absolute Gasteiger partial charge is 0.489 e. The predicted octanol–water partition coefficient (Wildman–Crippen LogP) is 2.96. The van der Waals surface area contributed by atoms with Gasteiger partial charge in [0.05, 0.1) is 28.6 Å². The van der Waals surface area contributed by atoms with Crippen LogP contribution in [0.5, 0.6) is 5.75 Å². The Bertz CT molecular complexity index is 1590. The van der Waals surface area contributed by atoms with Crippen molar-refractivity contribution in [1.29, 1.82) is 0 Å². The van der Waals surface area contributed by atoms with E-state index in [0.29, 0.717) is 22.6 Å². The molecule has 43 heavy (non-hydrogen) atoms. The molecule has 13 nitrogen and oxygen atoms in total. The highest BCUT2D eigenvalue weighted by Gasteiger charge is 2.45. The van der Waals surface area contributed by atoms with Gasteiger partial charge in [0.1, 0.15) is 10.8 Å². The number of para-hydroxylation sites is 1. The summed E-state index contributed by atoms with van der Waals surface area (Å²) in [5.74, 6) is -5.09. The molecule has 2 heterocycles. The minimum Gasteiger partial charge on any atom is -0.489 e. The lowest BCUT2D eigenvalue weighted by Crippen LogP contribution is -2.63. The van der Waals surface area contributed by atoms with Gasteiger partial charge >= 0.3 is 0 Å². The number of ether oxygens (including phenoxy) is 1. The van der Waals surface area contributed by atoms with Crippen LogP contribution in [0.4, 0.5) is 23.1 Å². The molecular formula is C28H36ClN5O8S. The lowest BCUT2D eigenvalue weighted by Gasteiger charge is -2.41. The maximum atomic E-state index is 13.0. The molecule has 0 bridgehead atoms. The summed E-state index contributed by atoms with van der Waals surface area (Å²) in [5.41, 5.74) is 1.91. The summed E-state index contributed by atoms with van der Waals surface area (Å²) in [4.78, 5) is 6.48. The van der Waals surface area contributed by atoms with Crippen molar-refractivity contribution in [2.75, 3.05) is 10.6 Å². The third kappa shape index (κ3) is 7.53. The average Bonchev–Trinajstić information content (AvgIpc) is 2.85. The molecule has 234 valence electrons. The summed E-state index contributed by atoms with van der Waals surface area (Å²) < 4.78 is 32.0. The number of hydrogen-bond acceptors (Lipinski definition) is 13. The lowest BCUT2D eigenvalue weighted by molar-refractivity contribution is -0.313. The first-order valence-corrected chi connectivity index (χ1v) is 15.3. The number of rotatable bonds is 9. The molecule has 1 saturated heterocycles. The van der Waals surface area contributed by atoms with Gasteiger partial charge in [-0.3, -0.25) is 0 Å². The molecule has 0 atom stereocenters. The molecule has 0 amide bonds. The van der Waals surface area contributed by atoms with E-state index in [4.69, 9.17) is 16.3 Å². The fourth-order valence-corrected chi connectivity index (χ4v) is 6.17. The van der Waals surface area contributed by atoms with Gasteiger partial charge in [-0.25, -0.2) is 18.7 Å². The zero-order valence-corrected chi connectivity index (χ0v) is 25.8. The zero-order valence-electron chi connectivity index (χ0n) is 24.3. The zero-order chi connectivity index (χ0) is 32.0. The lowest BCUT2D eigenvalue weighted by atomic mass is 9.83. The van der Waals surface area contributed by atoms with Crippen molar-refractivity contribution in [2.24, 2.45) is 0 Å². The Hall–Kier alpha value is -3.08. The Labute approximate surface area is 254 Å². The van der Waals surface area contributed by atoms with Crippen LogP contribution in [0.3, 0.4) is 0 Å². The van der Waals surface area contributed by atoms with Crippen LogP contribution in [0.25, 0.3) is 0 Å². The number of piperidine rings is 1. The summed E-state index contributed by atoms with van der Waals surface area (Å²) in [7, 11) is -4.14. The molecule has 4 rings (SSSR count). The molecule has 0 spiro atoms. The van der Waals surface area contributed by atoms with E-state index in [1.165, 1.54) is 38.2 Å². The van der Waals surface area contributed by atoms with Crippen molar-refractivity contribution >= 4 is 44.6 Å². The molecule has 1 aliphatic heterocycles. The van der Waals surface area contributed by atoms with E-state index < -0.39 is 32.5 Å². The Morgan fingerprint density at radius 2 is 1.70 bits per heavy atom. The van der Waals surface area contributed by atoms with Crippen molar-refractivity contribution in [3.63, 3.8) is 0 Å². The summed E-state index contributed by atoms with van der Waals surface area (Å²) in [6.45, 7) is 7.80. The van der Waals surface area contributed by atoms with Crippen molar-refractivity contribution in [1.82, 2.24) is 15.3 Å². The standard InChI is InChI=1S/C28H36ClN5O8S/c1-15(2)42-22-11-18(17-12-27(36,37)34-28(38,39)13-17)16(3)10-21(22)32-25-30-14-19(29)24(33-25)31-20-8-6-7-9-23(20)43(40,41)26(4,5)35/h6-11,14-15,17,34-39H,12-13H2,1-5H3,(H2,30,31,32,33). The number of nitrogens with one attached hydrogen (secondary N) is 3. The average molecular weight is 638 g/mol. The van der Waals surface area contributed by atoms with Crippen molar-refractivity contribution in [3.8, 4) is 5.75 Å². The van der Waals surface area contributed by atoms with E-state index in [0.717, 1.165) is 0 Å². The van der Waals surface area contributed by atoms with Crippen LogP contribution in [-0.2, 0) is 9.84 Å². The fraction of sp³-hybridized carbons (Fsp3) is 0.429. The normalized spacial score (nSPS) is 17.1. The van der Waals surface area contributed by atoms with Crippen molar-refractivity contribution in [2.45, 2.75) is 81.1 Å². The molecule has 2 aromatic carbocycles. The third-order valence-corrected chi connectivity index (χ3v) is 9.24. The van der Waals surface area contributed by atoms with Crippen LogP contribution in [0.1, 0.15) is 57.6 Å². The van der Waals surface area contributed by atoms with E-state index in [-0.39, 0.29) is 46.3 Å². The van der Waals surface area contributed by atoms with E-state index in [2.05, 4.69) is 20.6 Å². The second-order valence-corrected chi connectivity index (χ2v) is 14.2. The number of aryl methyl sites for hydroxylation is 1. The Balaban J connectivity index is 1.69. The molecule has 3 aromatic rings. The first-order chi connectivity index (χ1) is 19.8. The highest BCUT2D eigenvalue weighted by molar-refractivity contribution is 7.92. The molecule has 0 radical (unpaired) electrons. The molecule has 0 saturated carbocycles. The number of benzene rings is 2. The number of anilines is 4. The highest BCUT2D eigenvalue weighted by atomic mass is 35.5. The number of halogens is 1. The van der Waals surface area contributed by atoms with Gasteiger partial charge < -0.3 is 40.9 Å². The molecular weight excluding hydrogens is 602 g/mol. The van der Waals surface area contributed by atoms with Gasteiger partial charge in [0, 0.05) is 12.8 Å². The van der Waals surface area contributed by atoms with Gasteiger partial charge in [0.2, 0.25) is 27.6 Å². The molecule has 15 heteroatoms. The maximum absolute atomic E-state index is 13.0. The summed E-state index contributed by atoms with van der Waals surface area (Å²) in [5, 5.41) is 59.0. The Morgan fingerprint density at radius 3 is 2.30 bits per heavy atom.